The summed E-state index contributed by atoms with van der Waals surface area (Å²) in [7, 11) is -0.736. The van der Waals surface area contributed by atoms with E-state index in [1.165, 1.54) is 5.19 Å². The summed E-state index contributed by atoms with van der Waals surface area (Å²) in [5.74, 6) is 1.14. The number of ether oxygens (including phenoxy) is 3. The van der Waals surface area contributed by atoms with Gasteiger partial charge in [0, 0.05) is 54.6 Å². The number of fused-ring (bicyclic) bond motifs is 3. The van der Waals surface area contributed by atoms with Gasteiger partial charge in [-0.05, 0) is 116 Å². The molecule has 1 aromatic heterocycles. The highest BCUT2D eigenvalue weighted by atomic mass is 35.5. The number of carbonyl (C=O) groups excluding carboxylic acids is 2. The number of amides is 2. The minimum atomic E-state index is -2.40. The molecule has 0 aliphatic carbocycles. The minimum absolute atomic E-state index is 0.00688. The van der Waals surface area contributed by atoms with Crippen LogP contribution in [0.2, 0.25) is 23.7 Å². The molecule has 2 amide bonds. The second kappa shape index (κ2) is 19.2. The van der Waals surface area contributed by atoms with E-state index < -0.39 is 19.7 Å². The summed E-state index contributed by atoms with van der Waals surface area (Å²) in [4.78, 5) is 33.2. The number of methoxy groups -OCH3 is 1. The first-order chi connectivity index (χ1) is 30.9. The van der Waals surface area contributed by atoms with E-state index >= 15 is 4.79 Å². The first-order valence-corrected chi connectivity index (χ1v) is 25.9. The molecule has 338 valence electrons. The number of aliphatic hydroxyl groups excluding tert-OH is 2. The smallest absolute Gasteiger partial charge is 0.264 e. The van der Waals surface area contributed by atoms with Gasteiger partial charge >= 0.3 is 0 Å². The number of anilines is 3. The molecule has 0 saturated carbocycles. The molecule has 13 nitrogen and oxygen atoms in total. The fourth-order valence-corrected chi connectivity index (χ4v) is 14.5. The van der Waals surface area contributed by atoms with Crippen LogP contribution < -0.4 is 29.8 Å². The van der Waals surface area contributed by atoms with Gasteiger partial charge < -0.3 is 34.6 Å². The van der Waals surface area contributed by atoms with Crippen molar-refractivity contribution >= 4 is 53.7 Å². The van der Waals surface area contributed by atoms with Crippen LogP contribution in [0.1, 0.15) is 55.5 Å². The molecule has 3 aliphatic rings. The number of unbranched alkanes of at least 4 members (excludes halogenated alkanes) is 1. The highest BCUT2D eigenvalue weighted by molar-refractivity contribution is 6.91. The van der Waals surface area contributed by atoms with Gasteiger partial charge in [-0.15, -0.1) is 5.10 Å². The molecular weight excluding hydrogens is 848 g/mol. The second-order valence-corrected chi connectivity index (χ2v) is 22.8. The van der Waals surface area contributed by atoms with Gasteiger partial charge in [-0.2, -0.15) is 0 Å². The molecule has 5 aromatic rings. The van der Waals surface area contributed by atoms with Crippen LogP contribution in [0.25, 0.3) is 0 Å². The van der Waals surface area contributed by atoms with Crippen molar-refractivity contribution < 1.29 is 34.0 Å². The fraction of sp³-hybridized carbons (Fsp3) is 0.429. The molecule has 1 saturated heterocycles. The topological polar surface area (TPSA) is 152 Å². The molecule has 1 unspecified atom stereocenters. The number of benzene rings is 4. The lowest BCUT2D eigenvalue weighted by atomic mass is 9.82. The Bertz CT molecular complexity index is 2450. The summed E-state index contributed by atoms with van der Waals surface area (Å²) >= 11 is 6.78. The van der Waals surface area contributed by atoms with Crippen molar-refractivity contribution in [3.63, 3.8) is 0 Å². The van der Waals surface area contributed by atoms with E-state index in [1.807, 2.05) is 90.8 Å². The monoisotopic (exact) mass is 906 g/mol. The molecule has 4 heterocycles. The van der Waals surface area contributed by atoms with E-state index in [4.69, 9.17) is 25.8 Å². The van der Waals surface area contributed by atoms with Gasteiger partial charge in [-0.25, -0.2) is 0 Å². The molecular formula is C49H59ClN6O7Si. The second-order valence-electron chi connectivity index (χ2n) is 17.6. The number of halogens is 1. The van der Waals surface area contributed by atoms with Crippen LogP contribution in [0, 0.1) is 5.92 Å². The van der Waals surface area contributed by atoms with Crippen LogP contribution in [0.15, 0.2) is 91.1 Å². The fourth-order valence-electron chi connectivity index (χ4n) is 10.3. The highest BCUT2D eigenvalue weighted by Crippen LogP contribution is 2.60. The van der Waals surface area contributed by atoms with Gasteiger partial charge in [0.2, 0.25) is 5.91 Å². The van der Waals surface area contributed by atoms with Gasteiger partial charge in [0.05, 0.1) is 57.5 Å². The largest absolute Gasteiger partial charge is 0.497 e. The summed E-state index contributed by atoms with van der Waals surface area (Å²) in [6, 6.07) is 27.2. The number of nitrogens with one attached hydrogen (secondary N) is 1. The lowest BCUT2D eigenvalue weighted by molar-refractivity contribution is -0.146. The molecule has 3 aliphatic heterocycles. The van der Waals surface area contributed by atoms with E-state index in [0.29, 0.717) is 50.4 Å². The lowest BCUT2D eigenvalue weighted by Gasteiger charge is -2.37. The Morgan fingerprint density at radius 3 is 2.42 bits per heavy atom. The SMILES string of the molecule is CCOc1ccc2c(c1)CC(NCCCCO)C(=O)N2c1ccc(CN2C(=O)[C@]3(O[C@H](CCn4cc(CCO)nn4)[C@@H]([Si](C)(C)c4ccc(OC)cc4)[C@@H]3C)c3cc(Cl)ccc32)cc1. The summed E-state index contributed by atoms with van der Waals surface area (Å²) < 4.78 is 20.5. The van der Waals surface area contributed by atoms with Gasteiger partial charge in [0.15, 0.2) is 5.60 Å². The van der Waals surface area contributed by atoms with Crippen molar-refractivity contribution in [1.29, 1.82) is 0 Å². The molecule has 0 bridgehead atoms. The van der Waals surface area contributed by atoms with Crippen LogP contribution >= 0.6 is 11.6 Å². The van der Waals surface area contributed by atoms with Gasteiger partial charge in [0.1, 0.15) is 11.5 Å². The standard InChI is InChI=1S/C49H59ClN6O7Si/c1-6-62-39-16-20-43-34(27-39)28-42(51-23-7-8-25-57)47(59)56(43)37-12-9-33(10-13-37)30-55-44-19-11-35(50)29-41(44)49(48(55)60)32(2)46(64(4,5)40-17-14-38(61-3)15-18-40)45(63-49)21-24-54-31-36(22-26-58)52-53-54/h9-20,27,29,31-32,42,45-46,51,57-58H,6-8,21-26,28,30H2,1-5H3/t32-,42?,45+,46-,49+/m0/s1. The number of aliphatic hydroxyl groups is 2. The number of aryl methyl sites for hydroxylation is 1. The maximum absolute atomic E-state index is 15.5. The van der Waals surface area contributed by atoms with Crippen molar-refractivity contribution in [3.8, 4) is 11.5 Å². The van der Waals surface area contributed by atoms with Gasteiger partial charge in [-0.1, -0.05) is 66.3 Å². The number of nitrogens with zero attached hydrogens (tertiary/aromatic N) is 5. The van der Waals surface area contributed by atoms with Gasteiger partial charge in [0.25, 0.3) is 5.91 Å². The summed E-state index contributed by atoms with van der Waals surface area (Å²) in [6.45, 7) is 10.9. The number of carbonyl (C=O) groups is 2. The van der Waals surface area contributed by atoms with Crippen LogP contribution in [0.4, 0.5) is 17.1 Å². The highest BCUT2D eigenvalue weighted by Gasteiger charge is 2.66. The third-order valence-electron chi connectivity index (χ3n) is 13.5. The molecule has 1 fully saturated rings. The molecule has 5 atom stereocenters. The van der Waals surface area contributed by atoms with Crippen LogP contribution in [0.3, 0.4) is 0 Å². The van der Waals surface area contributed by atoms with Crippen LogP contribution in [0.5, 0.6) is 11.5 Å². The Kier molecular flexibility index (Phi) is 13.6. The van der Waals surface area contributed by atoms with Crippen molar-refractivity contribution in [2.45, 2.75) is 95.4 Å². The third kappa shape index (κ3) is 8.59. The molecule has 0 radical (unpaired) electrons. The first kappa shape index (κ1) is 45.5. The normalized spacial score (nSPS) is 21.8. The minimum Gasteiger partial charge on any atom is -0.497 e. The van der Waals surface area contributed by atoms with E-state index in [0.717, 1.165) is 57.4 Å². The quantitative estimate of drug-likeness (QED) is 0.0642. The first-order valence-electron chi connectivity index (χ1n) is 22.4. The summed E-state index contributed by atoms with van der Waals surface area (Å²) in [6.07, 6.45) is 4.53. The van der Waals surface area contributed by atoms with E-state index in [2.05, 4.69) is 47.8 Å². The Hall–Kier alpha value is -5.09. The zero-order chi connectivity index (χ0) is 45.2. The lowest BCUT2D eigenvalue weighted by Crippen LogP contribution is -2.51. The van der Waals surface area contributed by atoms with Gasteiger partial charge in [-0.3, -0.25) is 19.2 Å². The number of rotatable bonds is 18. The Morgan fingerprint density at radius 1 is 0.953 bits per heavy atom. The van der Waals surface area contributed by atoms with Crippen molar-refractivity contribution in [2.75, 3.05) is 43.3 Å². The average Bonchev–Trinajstić information content (AvgIpc) is 3.94. The van der Waals surface area contributed by atoms with Crippen molar-refractivity contribution in [3.05, 3.63) is 119 Å². The average molecular weight is 908 g/mol. The zero-order valence-electron chi connectivity index (χ0n) is 37.3. The van der Waals surface area contributed by atoms with Crippen LogP contribution in [-0.4, -0.2) is 90.7 Å². The maximum atomic E-state index is 15.5. The third-order valence-corrected chi connectivity index (χ3v) is 18.0. The summed E-state index contributed by atoms with van der Waals surface area (Å²) in [5.41, 5.74) is 4.40. The molecule has 8 rings (SSSR count). The predicted octanol–water partition coefficient (Wildman–Crippen LogP) is 6.68. The van der Waals surface area contributed by atoms with Crippen molar-refractivity contribution in [2.24, 2.45) is 5.92 Å². The number of hydrogen-bond donors (Lipinski definition) is 3. The van der Waals surface area contributed by atoms with E-state index in [-0.39, 0.29) is 49.1 Å². The number of hydrogen-bond acceptors (Lipinski definition) is 10. The Labute approximate surface area is 381 Å². The Balaban J connectivity index is 1.10. The summed E-state index contributed by atoms with van der Waals surface area (Å²) in [5, 5.41) is 32.6. The maximum Gasteiger partial charge on any atom is 0.264 e. The molecule has 15 heteroatoms. The Morgan fingerprint density at radius 2 is 1.70 bits per heavy atom. The molecule has 64 heavy (non-hydrogen) atoms. The van der Waals surface area contributed by atoms with Crippen molar-refractivity contribution in [1.82, 2.24) is 20.3 Å². The zero-order valence-corrected chi connectivity index (χ0v) is 39.1. The van der Waals surface area contributed by atoms with E-state index in [9.17, 15) is 15.0 Å². The molecule has 3 N–H and O–H groups in total. The molecule has 1 spiro atoms. The number of aromatic nitrogens is 3. The van der Waals surface area contributed by atoms with E-state index in [1.54, 1.807) is 16.7 Å². The predicted molar refractivity (Wildman–Crippen MR) is 251 cm³/mol. The molecule has 4 aromatic carbocycles. The van der Waals surface area contributed by atoms with Crippen LogP contribution in [-0.2, 0) is 45.9 Å².